The predicted molar refractivity (Wildman–Crippen MR) is 89.5 cm³/mol. The van der Waals surface area contributed by atoms with Gasteiger partial charge in [-0.3, -0.25) is 0 Å². The Morgan fingerprint density at radius 2 is 1.65 bits per heavy atom. The van der Waals surface area contributed by atoms with Crippen molar-refractivity contribution in [3.8, 4) is 0 Å². The van der Waals surface area contributed by atoms with Crippen LogP contribution >= 0.6 is 0 Å². The van der Waals surface area contributed by atoms with E-state index in [-0.39, 0.29) is 0 Å². The molecule has 0 aliphatic heterocycles. The number of benzene rings is 1. The Kier molecular flexibility index (Phi) is 7.25. The lowest BCUT2D eigenvalue weighted by Gasteiger charge is -2.29. The van der Waals surface area contributed by atoms with Crippen LogP contribution in [0.3, 0.4) is 0 Å². The summed E-state index contributed by atoms with van der Waals surface area (Å²) < 4.78 is 0. The van der Waals surface area contributed by atoms with E-state index in [2.05, 4.69) is 63.9 Å². The van der Waals surface area contributed by atoms with E-state index in [1.807, 2.05) is 0 Å². The van der Waals surface area contributed by atoms with E-state index in [0.29, 0.717) is 6.04 Å². The van der Waals surface area contributed by atoms with Crippen molar-refractivity contribution in [3.05, 3.63) is 34.4 Å². The highest BCUT2D eigenvalue weighted by molar-refractivity contribution is 5.39. The third-order valence-electron chi connectivity index (χ3n) is 3.96. The summed E-state index contributed by atoms with van der Waals surface area (Å²) in [6.45, 7) is 17.8. The van der Waals surface area contributed by atoms with E-state index >= 15 is 0 Å². The maximum absolute atomic E-state index is 3.68. The van der Waals surface area contributed by atoms with Crippen LogP contribution in [0.25, 0.3) is 0 Å². The van der Waals surface area contributed by atoms with E-state index in [9.17, 15) is 0 Å². The summed E-state index contributed by atoms with van der Waals surface area (Å²) in [6, 6.07) is 5.05. The molecule has 0 aliphatic rings. The molecule has 2 nitrogen and oxygen atoms in total. The number of hydrogen-bond donors (Lipinski definition) is 1. The predicted octanol–water partition coefficient (Wildman–Crippen LogP) is 3.99. The molecule has 1 aromatic carbocycles. The third kappa shape index (κ3) is 4.60. The maximum Gasteiger partial charge on any atom is 0.0454 e. The molecule has 1 N–H and O–H groups in total. The van der Waals surface area contributed by atoms with Gasteiger partial charge in [-0.05, 0) is 63.5 Å². The SMILES string of the molecule is CCCN(CC)CC(NCC)c1c(C)cc(C)cc1C. The van der Waals surface area contributed by atoms with E-state index in [1.54, 1.807) is 0 Å². The average Bonchev–Trinajstić information content (AvgIpc) is 2.37. The molecule has 0 saturated carbocycles. The van der Waals surface area contributed by atoms with Crippen molar-refractivity contribution in [2.45, 2.75) is 54.0 Å². The summed E-state index contributed by atoms with van der Waals surface area (Å²) in [5, 5.41) is 3.68. The van der Waals surface area contributed by atoms with Gasteiger partial charge in [0.15, 0.2) is 0 Å². The zero-order valence-corrected chi connectivity index (χ0v) is 14.2. The Bertz CT molecular complexity index is 389. The van der Waals surface area contributed by atoms with Crippen molar-refractivity contribution in [3.63, 3.8) is 0 Å². The smallest absolute Gasteiger partial charge is 0.0454 e. The molecule has 0 spiro atoms. The summed E-state index contributed by atoms with van der Waals surface area (Å²) in [5.41, 5.74) is 5.69. The van der Waals surface area contributed by atoms with E-state index in [0.717, 1.165) is 19.6 Å². The van der Waals surface area contributed by atoms with Crippen molar-refractivity contribution in [1.82, 2.24) is 10.2 Å². The second kappa shape index (κ2) is 8.43. The van der Waals surface area contributed by atoms with E-state index in [4.69, 9.17) is 0 Å². The molecule has 2 heteroatoms. The van der Waals surface area contributed by atoms with Gasteiger partial charge in [-0.2, -0.15) is 0 Å². The highest BCUT2D eigenvalue weighted by Crippen LogP contribution is 2.24. The minimum Gasteiger partial charge on any atom is -0.309 e. The van der Waals surface area contributed by atoms with Gasteiger partial charge in [0.05, 0.1) is 0 Å². The van der Waals surface area contributed by atoms with Crippen molar-refractivity contribution >= 4 is 0 Å². The molecule has 0 bridgehead atoms. The molecule has 114 valence electrons. The fraction of sp³-hybridized carbons (Fsp3) is 0.667. The lowest BCUT2D eigenvalue weighted by atomic mass is 9.93. The van der Waals surface area contributed by atoms with Gasteiger partial charge in [-0.25, -0.2) is 0 Å². The van der Waals surface area contributed by atoms with Crippen molar-refractivity contribution in [1.29, 1.82) is 0 Å². The summed E-state index contributed by atoms with van der Waals surface area (Å²) in [6.07, 6.45) is 1.22. The average molecular weight is 276 g/mol. The van der Waals surface area contributed by atoms with Crippen LogP contribution in [0, 0.1) is 20.8 Å². The van der Waals surface area contributed by atoms with Crippen LogP contribution in [0.2, 0.25) is 0 Å². The summed E-state index contributed by atoms with van der Waals surface area (Å²) in [7, 11) is 0. The van der Waals surface area contributed by atoms with Crippen LogP contribution in [-0.2, 0) is 0 Å². The third-order valence-corrected chi connectivity index (χ3v) is 3.96. The molecule has 0 heterocycles. The topological polar surface area (TPSA) is 15.3 Å². The Morgan fingerprint density at radius 3 is 2.10 bits per heavy atom. The summed E-state index contributed by atoms with van der Waals surface area (Å²) >= 11 is 0. The first-order valence-corrected chi connectivity index (χ1v) is 8.06. The first-order valence-electron chi connectivity index (χ1n) is 8.06. The minimum atomic E-state index is 0.437. The quantitative estimate of drug-likeness (QED) is 0.772. The van der Waals surface area contributed by atoms with Crippen molar-refractivity contribution < 1.29 is 0 Å². The molecule has 0 amide bonds. The lowest BCUT2D eigenvalue weighted by molar-refractivity contribution is 0.254. The fourth-order valence-electron chi connectivity index (χ4n) is 3.20. The Labute approximate surface area is 125 Å². The first kappa shape index (κ1) is 17.2. The Balaban J connectivity index is 3.01. The van der Waals surface area contributed by atoms with Crippen LogP contribution < -0.4 is 5.32 Å². The summed E-state index contributed by atoms with van der Waals surface area (Å²) in [5.74, 6) is 0. The second-order valence-electron chi connectivity index (χ2n) is 5.82. The number of hydrogen-bond acceptors (Lipinski definition) is 2. The molecule has 0 aromatic heterocycles. The molecule has 0 aliphatic carbocycles. The highest BCUT2D eigenvalue weighted by atomic mass is 15.1. The molecule has 0 saturated heterocycles. The zero-order valence-electron chi connectivity index (χ0n) is 14.2. The minimum absolute atomic E-state index is 0.437. The standard InChI is InChI=1S/C18H32N2/c1-7-10-20(9-3)13-17(19-8-2)18-15(5)11-14(4)12-16(18)6/h11-12,17,19H,7-10,13H2,1-6H3. The van der Waals surface area contributed by atoms with Gasteiger partial charge >= 0.3 is 0 Å². The van der Waals surface area contributed by atoms with Gasteiger partial charge in [-0.1, -0.05) is 38.5 Å². The van der Waals surface area contributed by atoms with Gasteiger partial charge in [0.2, 0.25) is 0 Å². The van der Waals surface area contributed by atoms with Crippen molar-refractivity contribution in [2.75, 3.05) is 26.2 Å². The Hall–Kier alpha value is -0.860. The molecule has 0 fully saturated rings. The maximum atomic E-state index is 3.68. The van der Waals surface area contributed by atoms with E-state index in [1.165, 1.54) is 35.2 Å². The first-order chi connectivity index (χ1) is 9.53. The van der Waals surface area contributed by atoms with Gasteiger partial charge in [0.25, 0.3) is 0 Å². The van der Waals surface area contributed by atoms with Gasteiger partial charge < -0.3 is 10.2 Å². The molecule has 1 rings (SSSR count). The lowest BCUT2D eigenvalue weighted by Crippen LogP contribution is -2.36. The van der Waals surface area contributed by atoms with Crippen LogP contribution in [-0.4, -0.2) is 31.1 Å². The highest BCUT2D eigenvalue weighted by Gasteiger charge is 2.18. The van der Waals surface area contributed by atoms with Crippen LogP contribution in [0.5, 0.6) is 0 Å². The normalized spacial score (nSPS) is 12.9. The monoisotopic (exact) mass is 276 g/mol. The molecular weight excluding hydrogens is 244 g/mol. The molecule has 1 unspecified atom stereocenters. The Morgan fingerprint density at radius 1 is 1.05 bits per heavy atom. The van der Waals surface area contributed by atoms with Gasteiger partial charge in [-0.15, -0.1) is 0 Å². The fourth-order valence-corrected chi connectivity index (χ4v) is 3.20. The summed E-state index contributed by atoms with van der Waals surface area (Å²) in [4.78, 5) is 2.55. The number of nitrogens with one attached hydrogen (secondary N) is 1. The van der Waals surface area contributed by atoms with Crippen molar-refractivity contribution in [2.24, 2.45) is 0 Å². The van der Waals surface area contributed by atoms with Crippen LogP contribution in [0.1, 0.15) is 55.5 Å². The molecule has 1 aromatic rings. The number of rotatable bonds is 8. The number of aryl methyl sites for hydroxylation is 3. The van der Waals surface area contributed by atoms with Gasteiger partial charge in [0.1, 0.15) is 0 Å². The number of nitrogens with zero attached hydrogens (tertiary/aromatic N) is 1. The van der Waals surface area contributed by atoms with Gasteiger partial charge in [0, 0.05) is 12.6 Å². The largest absolute Gasteiger partial charge is 0.309 e. The molecular formula is C18H32N2. The van der Waals surface area contributed by atoms with Crippen LogP contribution in [0.15, 0.2) is 12.1 Å². The molecule has 20 heavy (non-hydrogen) atoms. The second-order valence-corrected chi connectivity index (χ2v) is 5.82. The van der Waals surface area contributed by atoms with E-state index < -0.39 is 0 Å². The molecule has 0 radical (unpaired) electrons. The number of likely N-dealkylation sites (N-methyl/N-ethyl adjacent to an activating group) is 2. The molecule has 1 atom stereocenters. The van der Waals surface area contributed by atoms with Crippen LogP contribution in [0.4, 0.5) is 0 Å². The zero-order chi connectivity index (χ0) is 15.1.